The SMILES string of the molecule is Cc1cnc(Nc2cnn(C)c2)nc1-c1ccc(C(=O)CCCO)cc1. The molecule has 1 aromatic carbocycles. The molecule has 0 amide bonds. The third-order valence-corrected chi connectivity index (χ3v) is 3.97. The van der Waals surface area contributed by atoms with E-state index in [2.05, 4.69) is 20.4 Å². The fraction of sp³-hybridized carbons (Fsp3) is 0.263. The van der Waals surface area contributed by atoms with Gasteiger partial charge in [0.2, 0.25) is 5.95 Å². The number of hydrogen-bond acceptors (Lipinski definition) is 6. The van der Waals surface area contributed by atoms with Crippen molar-refractivity contribution in [2.24, 2.45) is 7.05 Å². The van der Waals surface area contributed by atoms with E-state index in [4.69, 9.17) is 5.11 Å². The molecular formula is C19H21N5O2. The molecule has 3 aromatic rings. The van der Waals surface area contributed by atoms with Gasteiger partial charge in [-0.2, -0.15) is 5.10 Å². The minimum atomic E-state index is 0.0245. The Kier molecular flexibility index (Phi) is 5.38. The molecule has 0 unspecified atom stereocenters. The molecule has 26 heavy (non-hydrogen) atoms. The Morgan fingerprint density at radius 3 is 2.65 bits per heavy atom. The Bertz CT molecular complexity index is 903. The van der Waals surface area contributed by atoms with Crippen molar-refractivity contribution in [2.75, 3.05) is 11.9 Å². The molecule has 2 heterocycles. The first-order chi connectivity index (χ1) is 12.6. The van der Waals surface area contributed by atoms with E-state index in [1.54, 1.807) is 29.2 Å². The van der Waals surface area contributed by atoms with Gasteiger partial charge in [0.05, 0.1) is 17.6 Å². The van der Waals surface area contributed by atoms with Crippen LogP contribution in [0.2, 0.25) is 0 Å². The zero-order valence-electron chi connectivity index (χ0n) is 14.8. The lowest BCUT2D eigenvalue weighted by Crippen LogP contribution is -2.01. The van der Waals surface area contributed by atoms with Gasteiger partial charge in [0, 0.05) is 43.6 Å². The number of carbonyl (C=O) groups is 1. The van der Waals surface area contributed by atoms with Gasteiger partial charge in [-0.05, 0) is 18.9 Å². The van der Waals surface area contributed by atoms with E-state index >= 15 is 0 Å². The zero-order chi connectivity index (χ0) is 18.5. The van der Waals surface area contributed by atoms with E-state index in [0.717, 1.165) is 22.5 Å². The van der Waals surface area contributed by atoms with E-state index in [9.17, 15) is 4.79 Å². The fourth-order valence-corrected chi connectivity index (χ4v) is 2.61. The molecule has 0 atom stereocenters. The maximum absolute atomic E-state index is 12.0. The fourth-order valence-electron chi connectivity index (χ4n) is 2.61. The predicted octanol–water partition coefficient (Wildman–Crippen LogP) is 2.88. The number of aryl methyl sites for hydroxylation is 2. The van der Waals surface area contributed by atoms with Crippen LogP contribution in [0.25, 0.3) is 11.3 Å². The van der Waals surface area contributed by atoms with Gasteiger partial charge in [-0.15, -0.1) is 0 Å². The minimum Gasteiger partial charge on any atom is -0.396 e. The third-order valence-electron chi connectivity index (χ3n) is 3.97. The van der Waals surface area contributed by atoms with Crippen LogP contribution in [0.15, 0.2) is 42.9 Å². The number of rotatable bonds is 7. The van der Waals surface area contributed by atoms with Crippen molar-refractivity contribution in [3.63, 3.8) is 0 Å². The quantitative estimate of drug-likeness (QED) is 0.636. The molecule has 0 aliphatic carbocycles. The van der Waals surface area contributed by atoms with Gasteiger partial charge >= 0.3 is 0 Å². The summed E-state index contributed by atoms with van der Waals surface area (Å²) in [5.74, 6) is 0.519. The monoisotopic (exact) mass is 351 g/mol. The highest BCUT2D eigenvalue weighted by molar-refractivity contribution is 5.96. The van der Waals surface area contributed by atoms with Gasteiger partial charge in [0.15, 0.2) is 5.78 Å². The highest BCUT2D eigenvalue weighted by atomic mass is 16.3. The van der Waals surface area contributed by atoms with Crippen molar-refractivity contribution < 1.29 is 9.90 Å². The highest BCUT2D eigenvalue weighted by Crippen LogP contribution is 2.23. The summed E-state index contributed by atoms with van der Waals surface area (Å²) in [5, 5.41) is 16.1. The van der Waals surface area contributed by atoms with E-state index in [1.165, 1.54) is 0 Å². The van der Waals surface area contributed by atoms with Crippen LogP contribution in [0.4, 0.5) is 11.6 Å². The van der Waals surface area contributed by atoms with Crippen LogP contribution in [-0.2, 0) is 7.05 Å². The van der Waals surface area contributed by atoms with Gasteiger partial charge < -0.3 is 10.4 Å². The number of aliphatic hydroxyl groups excluding tert-OH is 1. The number of aliphatic hydroxyl groups is 1. The molecule has 0 saturated carbocycles. The van der Waals surface area contributed by atoms with Gasteiger partial charge in [0.25, 0.3) is 0 Å². The number of nitrogens with one attached hydrogen (secondary N) is 1. The zero-order valence-corrected chi connectivity index (χ0v) is 14.8. The summed E-state index contributed by atoms with van der Waals surface area (Å²) in [7, 11) is 1.84. The largest absolute Gasteiger partial charge is 0.396 e. The van der Waals surface area contributed by atoms with E-state index in [1.807, 2.05) is 32.3 Å². The summed E-state index contributed by atoms with van der Waals surface area (Å²) in [4.78, 5) is 20.9. The van der Waals surface area contributed by atoms with Crippen molar-refractivity contribution in [3.8, 4) is 11.3 Å². The lowest BCUT2D eigenvalue weighted by Gasteiger charge is -2.09. The summed E-state index contributed by atoms with van der Waals surface area (Å²) in [6.45, 7) is 1.97. The number of benzene rings is 1. The Morgan fingerprint density at radius 2 is 2.00 bits per heavy atom. The Balaban J connectivity index is 1.81. The molecule has 0 bridgehead atoms. The number of nitrogens with zero attached hydrogens (tertiary/aromatic N) is 4. The first kappa shape index (κ1) is 17.8. The topological polar surface area (TPSA) is 92.9 Å². The summed E-state index contributed by atoms with van der Waals surface area (Å²) in [6, 6.07) is 7.36. The average molecular weight is 351 g/mol. The molecule has 0 fully saturated rings. The van der Waals surface area contributed by atoms with Crippen molar-refractivity contribution in [2.45, 2.75) is 19.8 Å². The number of carbonyl (C=O) groups excluding carboxylic acids is 1. The van der Waals surface area contributed by atoms with Gasteiger partial charge in [0.1, 0.15) is 0 Å². The summed E-state index contributed by atoms with van der Waals surface area (Å²) < 4.78 is 1.70. The summed E-state index contributed by atoms with van der Waals surface area (Å²) in [5.41, 5.74) is 4.12. The number of anilines is 2. The molecule has 0 aliphatic heterocycles. The third kappa shape index (κ3) is 4.12. The van der Waals surface area contributed by atoms with Crippen molar-refractivity contribution in [3.05, 3.63) is 54.0 Å². The van der Waals surface area contributed by atoms with Gasteiger partial charge in [-0.1, -0.05) is 24.3 Å². The van der Waals surface area contributed by atoms with Crippen LogP contribution in [0.3, 0.4) is 0 Å². The number of hydrogen-bond donors (Lipinski definition) is 2. The lowest BCUT2D eigenvalue weighted by molar-refractivity contribution is 0.0971. The van der Waals surface area contributed by atoms with Crippen LogP contribution in [-0.4, -0.2) is 37.2 Å². The smallest absolute Gasteiger partial charge is 0.227 e. The van der Waals surface area contributed by atoms with E-state index in [0.29, 0.717) is 24.4 Å². The Morgan fingerprint density at radius 1 is 1.23 bits per heavy atom. The molecule has 134 valence electrons. The standard InChI is InChI=1S/C19H21N5O2/c1-13-10-20-19(22-16-11-21-24(2)12-16)23-18(13)15-7-5-14(6-8-15)17(26)4-3-9-25/h5-8,10-12,25H,3-4,9H2,1-2H3,(H,20,22,23). The number of aromatic nitrogens is 4. The maximum atomic E-state index is 12.0. The Labute approximate surface area is 151 Å². The van der Waals surface area contributed by atoms with Gasteiger partial charge in [-0.25, -0.2) is 9.97 Å². The Hall–Kier alpha value is -3.06. The maximum Gasteiger partial charge on any atom is 0.227 e. The van der Waals surface area contributed by atoms with Crippen molar-refractivity contribution in [1.82, 2.24) is 19.7 Å². The molecule has 0 spiro atoms. The number of ketones is 1. The molecule has 0 radical (unpaired) electrons. The molecule has 7 heteroatoms. The first-order valence-corrected chi connectivity index (χ1v) is 8.40. The molecule has 2 N–H and O–H groups in total. The van der Waals surface area contributed by atoms with Crippen LogP contribution in [0.5, 0.6) is 0 Å². The molecule has 0 saturated heterocycles. The molecular weight excluding hydrogens is 330 g/mol. The summed E-state index contributed by atoms with van der Waals surface area (Å²) >= 11 is 0. The summed E-state index contributed by atoms with van der Waals surface area (Å²) in [6.07, 6.45) is 6.14. The molecule has 3 rings (SSSR count). The predicted molar refractivity (Wildman–Crippen MR) is 99.3 cm³/mol. The highest BCUT2D eigenvalue weighted by Gasteiger charge is 2.10. The van der Waals surface area contributed by atoms with Gasteiger partial charge in [-0.3, -0.25) is 9.48 Å². The van der Waals surface area contributed by atoms with E-state index < -0.39 is 0 Å². The molecule has 7 nitrogen and oxygen atoms in total. The van der Waals surface area contributed by atoms with Crippen LogP contribution in [0, 0.1) is 6.92 Å². The van der Waals surface area contributed by atoms with E-state index in [-0.39, 0.29) is 12.4 Å². The average Bonchev–Trinajstić information content (AvgIpc) is 3.06. The van der Waals surface area contributed by atoms with Crippen molar-refractivity contribution in [1.29, 1.82) is 0 Å². The number of Topliss-reactive ketones (excluding diaryl/α,β-unsaturated/α-hetero) is 1. The second-order valence-electron chi connectivity index (χ2n) is 6.08. The van der Waals surface area contributed by atoms with Crippen LogP contribution >= 0.6 is 0 Å². The second kappa shape index (κ2) is 7.88. The van der Waals surface area contributed by atoms with Crippen LogP contribution < -0.4 is 5.32 Å². The van der Waals surface area contributed by atoms with Crippen LogP contribution in [0.1, 0.15) is 28.8 Å². The second-order valence-corrected chi connectivity index (χ2v) is 6.08. The normalized spacial score (nSPS) is 10.7. The first-order valence-electron chi connectivity index (χ1n) is 8.40. The van der Waals surface area contributed by atoms with Crippen molar-refractivity contribution >= 4 is 17.4 Å². The minimum absolute atomic E-state index is 0.0245. The molecule has 0 aliphatic rings. The lowest BCUT2D eigenvalue weighted by atomic mass is 10.0. The molecule has 2 aromatic heterocycles.